The van der Waals surface area contributed by atoms with E-state index in [1.165, 1.54) is 6.07 Å². The second kappa shape index (κ2) is 12.0. The molecule has 1 aliphatic rings. The van der Waals surface area contributed by atoms with Gasteiger partial charge in [-0.1, -0.05) is 18.2 Å². The predicted molar refractivity (Wildman–Crippen MR) is 147 cm³/mol. The highest BCUT2D eigenvalue weighted by Crippen LogP contribution is 2.38. The summed E-state index contributed by atoms with van der Waals surface area (Å²) in [6.07, 6.45) is -1.80. The Morgan fingerprint density at radius 1 is 1.15 bits per heavy atom. The fourth-order valence-electron chi connectivity index (χ4n) is 5.08. The number of carbonyl (C=O) groups is 1. The van der Waals surface area contributed by atoms with E-state index in [1.54, 1.807) is 11.1 Å². The van der Waals surface area contributed by atoms with Crippen LogP contribution in [-0.2, 0) is 16.5 Å². The molecule has 0 saturated carbocycles. The molecule has 1 saturated heterocycles. The summed E-state index contributed by atoms with van der Waals surface area (Å²) in [7, 11) is 3.63. The second-order valence-corrected chi connectivity index (χ2v) is 10.1. The number of ether oxygens (including phenoxy) is 1. The molecule has 10 heteroatoms. The van der Waals surface area contributed by atoms with Crippen molar-refractivity contribution in [2.45, 2.75) is 31.5 Å². The first-order valence-corrected chi connectivity index (χ1v) is 13.1. The van der Waals surface area contributed by atoms with E-state index in [4.69, 9.17) is 9.72 Å². The van der Waals surface area contributed by atoms with Gasteiger partial charge in [-0.3, -0.25) is 9.78 Å². The van der Waals surface area contributed by atoms with E-state index in [2.05, 4.69) is 5.32 Å². The third-order valence-corrected chi connectivity index (χ3v) is 7.02. The first kappa shape index (κ1) is 28.9. The molecule has 3 aromatic rings. The number of carbonyl (C=O) groups excluding carboxylic acids is 1. The Hall–Kier alpha value is -4.10. The monoisotopic (exact) mass is 551 g/mol. The van der Waals surface area contributed by atoms with Crippen LogP contribution >= 0.6 is 0 Å². The average molecular weight is 552 g/mol. The number of alkyl halides is 3. The van der Waals surface area contributed by atoms with Crippen molar-refractivity contribution in [3.05, 3.63) is 77.5 Å². The Bertz CT molecular complexity index is 1380. The molecule has 2 aromatic carbocycles. The molecule has 0 bridgehead atoms. The topological polar surface area (TPSA) is 81.5 Å². The van der Waals surface area contributed by atoms with Crippen LogP contribution in [-0.4, -0.2) is 56.1 Å². The minimum Gasteiger partial charge on any atom is -0.493 e. The van der Waals surface area contributed by atoms with E-state index in [0.29, 0.717) is 38.2 Å². The molecule has 1 aliphatic heterocycles. The van der Waals surface area contributed by atoms with Gasteiger partial charge in [0.15, 0.2) is 0 Å². The lowest BCUT2D eigenvalue weighted by atomic mass is 9.81. The average Bonchev–Trinajstić information content (AvgIpc) is 2.93. The summed E-state index contributed by atoms with van der Waals surface area (Å²) >= 11 is 0. The highest BCUT2D eigenvalue weighted by Gasteiger charge is 2.39. The van der Waals surface area contributed by atoms with Crippen molar-refractivity contribution in [2.24, 2.45) is 0 Å². The largest absolute Gasteiger partial charge is 0.493 e. The molecule has 0 spiro atoms. The predicted octanol–water partition coefficient (Wildman–Crippen LogP) is 5.21. The number of anilines is 1. The third kappa shape index (κ3) is 6.37. The maximum Gasteiger partial charge on any atom is 0.416 e. The fraction of sp³-hybridized carbons (Fsp3) is 0.367. The van der Waals surface area contributed by atoms with E-state index in [9.17, 15) is 23.2 Å². The summed E-state index contributed by atoms with van der Waals surface area (Å²) in [6, 6.07) is 16.7. The van der Waals surface area contributed by atoms with Crippen molar-refractivity contribution in [3.8, 4) is 23.1 Å². The summed E-state index contributed by atoms with van der Waals surface area (Å²) < 4.78 is 45.3. The van der Waals surface area contributed by atoms with Gasteiger partial charge >= 0.3 is 6.18 Å². The lowest BCUT2D eigenvalue weighted by Gasteiger charge is -2.44. The van der Waals surface area contributed by atoms with Crippen LogP contribution in [0.15, 0.2) is 60.8 Å². The van der Waals surface area contributed by atoms with E-state index in [-0.39, 0.29) is 18.0 Å². The molecule has 7 nitrogen and oxygen atoms in total. The van der Waals surface area contributed by atoms with Crippen molar-refractivity contribution in [3.63, 3.8) is 0 Å². The Balaban J connectivity index is 1.62. The van der Waals surface area contributed by atoms with Gasteiger partial charge in [0.2, 0.25) is 5.91 Å². The molecule has 0 aliphatic carbocycles. The number of pyridine rings is 1. The fourth-order valence-corrected chi connectivity index (χ4v) is 5.08. The van der Waals surface area contributed by atoms with Gasteiger partial charge in [-0.25, -0.2) is 0 Å². The number of nitriles is 1. The zero-order chi connectivity index (χ0) is 28.9. The number of halogens is 3. The number of aromatic nitrogens is 1. The number of piperidine rings is 1. The number of hydrogen-bond donors (Lipinski definition) is 1. The third-order valence-electron chi connectivity index (χ3n) is 7.02. The summed E-state index contributed by atoms with van der Waals surface area (Å²) in [6.45, 7) is 3.51. The van der Waals surface area contributed by atoms with Crippen LogP contribution in [0.4, 0.5) is 18.9 Å². The molecular formula is C30H32F3N5O2. The first-order chi connectivity index (χ1) is 19.1. The molecule has 1 N–H and O–H groups in total. The molecule has 210 valence electrons. The van der Waals surface area contributed by atoms with Crippen molar-refractivity contribution in [1.82, 2.24) is 15.2 Å². The maximum atomic E-state index is 13.2. The van der Waals surface area contributed by atoms with E-state index < -0.39 is 17.3 Å². The lowest BCUT2D eigenvalue weighted by Crippen LogP contribution is -2.54. The first-order valence-electron chi connectivity index (χ1n) is 13.1. The van der Waals surface area contributed by atoms with Gasteiger partial charge in [-0.2, -0.15) is 18.4 Å². The Kier molecular flexibility index (Phi) is 8.64. The Morgan fingerprint density at radius 3 is 2.48 bits per heavy atom. The lowest BCUT2D eigenvalue weighted by molar-refractivity contribution is -0.137. The molecule has 1 fully saturated rings. The van der Waals surface area contributed by atoms with Gasteiger partial charge in [0.25, 0.3) is 0 Å². The number of hydrogen-bond acceptors (Lipinski definition) is 6. The Labute approximate surface area is 232 Å². The molecule has 0 radical (unpaired) electrons. The molecule has 40 heavy (non-hydrogen) atoms. The number of likely N-dealkylation sites (N-methyl/N-ethyl adjacent to an activating group) is 1. The van der Waals surface area contributed by atoms with Crippen LogP contribution in [0.5, 0.6) is 5.75 Å². The van der Waals surface area contributed by atoms with E-state index in [0.717, 1.165) is 34.7 Å². The van der Waals surface area contributed by atoms with Crippen LogP contribution < -0.4 is 15.0 Å². The van der Waals surface area contributed by atoms with E-state index >= 15 is 0 Å². The molecule has 1 amide bonds. The van der Waals surface area contributed by atoms with Gasteiger partial charge in [0, 0.05) is 24.8 Å². The van der Waals surface area contributed by atoms with Crippen LogP contribution in [0.2, 0.25) is 0 Å². The minimum atomic E-state index is -4.53. The van der Waals surface area contributed by atoms with Gasteiger partial charge in [-0.05, 0) is 75.8 Å². The van der Waals surface area contributed by atoms with Crippen LogP contribution in [0.1, 0.15) is 36.5 Å². The molecular weight excluding hydrogens is 519 g/mol. The number of para-hydroxylation sites is 1. The number of amides is 1. The SMILES string of the molecule is CCOc1ccccc1-c1ccc(C2(NC(=O)CN(C)C)CCN(c3ccc(C(F)(F)F)cc3C#N)CC2)cn1. The standard InChI is InChI=1S/C30H32F3N5O2/c1-4-40-27-8-6-5-7-24(27)25-11-9-23(19-35-25)29(36-28(39)20-37(2)3)13-15-38(16-14-29)26-12-10-22(30(31,32)33)17-21(26)18-34/h5-12,17,19H,4,13-16,20H2,1-3H3,(H,36,39). The highest BCUT2D eigenvalue weighted by molar-refractivity contribution is 5.79. The summed E-state index contributed by atoms with van der Waals surface area (Å²) in [5, 5.41) is 12.8. The van der Waals surface area contributed by atoms with Gasteiger partial charge < -0.3 is 19.9 Å². The zero-order valence-electron chi connectivity index (χ0n) is 22.8. The second-order valence-electron chi connectivity index (χ2n) is 10.1. The maximum absolute atomic E-state index is 13.2. The van der Waals surface area contributed by atoms with Gasteiger partial charge in [-0.15, -0.1) is 0 Å². The quantitative estimate of drug-likeness (QED) is 0.414. The number of rotatable bonds is 8. The number of nitrogens with one attached hydrogen (secondary N) is 1. The van der Waals surface area contributed by atoms with Gasteiger partial charge in [0.1, 0.15) is 11.8 Å². The molecule has 4 rings (SSSR count). The van der Waals surface area contributed by atoms with Crippen molar-refractivity contribution >= 4 is 11.6 Å². The summed E-state index contributed by atoms with van der Waals surface area (Å²) in [4.78, 5) is 21.3. The van der Waals surface area contributed by atoms with Crippen LogP contribution in [0, 0.1) is 11.3 Å². The molecule has 1 aromatic heterocycles. The van der Waals surface area contributed by atoms with Crippen molar-refractivity contribution < 1.29 is 22.7 Å². The Morgan fingerprint density at radius 2 is 1.88 bits per heavy atom. The number of benzene rings is 2. The molecule has 2 heterocycles. The number of nitrogens with zero attached hydrogens (tertiary/aromatic N) is 4. The smallest absolute Gasteiger partial charge is 0.416 e. The normalized spacial score (nSPS) is 15.0. The molecule has 0 unspecified atom stereocenters. The van der Waals surface area contributed by atoms with Crippen molar-refractivity contribution in [2.75, 3.05) is 45.2 Å². The minimum absolute atomic E-state index is 0.0297. The molecule has 0 atom stereocenters. The summed E-state index contributed by atoms with van der Waals surface area (Å²) in [5.74, 6) is 0.592. The van der Waals surface area contributed by atoms with Crippen molar-refractivity contribution in [1.29, 1.82) is 5.26 Å². The highest BCUT2D eigenvalue weighted by atomic mass is 19.4. The van der Waals surface area contributed by atoms with E-state index in [1.807, 2.05) is 68.4 Å². The van der Waals surface area contributed by atoms with Crippen LogP contribution in [0.25, 0.3) is 11.3 Å². The zero-order valence-corrected chi connectivity index (χ0v) is 22.8. The summed E-state index contributed by atoms with van der Waals surface area (Å²) in [5.41, 5.74) is 1.28. The van der Waals surface area contributed by atoms with Crippen LogP contribution in [0.3, 0.4) is 0 Å². The van der Waals surface area contributed by atoms with Gasteiger partial charge in [0.05, 0.1) is 41.2 Å².